The molecule has 0 saturated carbocycles. The van der Waals surface area contributed by atoms with E-state index >= 15 is 4.39 Å². The van der Waals surface area contributed by atoms with E-state index in [1.165, 1.54) is 6.33 Å². The van der Waals surface area contributed by atoms with Crippen molar-refractivity contribution < 1.29 is 28.0 Å². The maximum atomic E-state index is 16.4. The second-order valence-electron chi connectivity index (χ2n) is 16.6. The summed E-state index contributed by atoms with van der Waals surface area (Å²) < 4.78 is 27.5. The zero-order chi connectivity index (χ0) is 42.3. The predicted molar refractivity (Wildman–Crippen MR) is 226 cm³/mol. The molecule has 0 spiro atoms. The van der Waals surface area contributed by atoms with E-state index in [0.717, 1.165) is 47.4 Å². The highest BCUT2D eigenvalue weighted by atomic mass is 19.1. The van der Waals surface area contributed by atoms with Gasteiger partial charge in [0.15, 0.2) is 0 Å². The summed E-state index contributed by atoms with van der Waals surface area (Å²) >= 11 is 0. The molecule has 2 aliphatic heterocycles. The van der Waals surface area contributed by atoms with E-state index in [2.05, 4.69) is 63.4 Å². The number of piperidine rings is 1. The molecule has 5 heterocycles. The number of methoxy groups -OCH3 is 1. The van der Waals surface area contributed by atoms with Crippen molar-refractivity contribution >= 4 is 51.0 Å². The van der Waals surface area contributed by atoms with E-state index in [-0.39, 0.29) is 23.6 Å². The lowest BCUT2D eigenvalue weighted by Crippen LogP contribution is -2.39. The first kappa shape index (κ1) is 40.4. The zero-order valence-electron chi connectivity index (χ0n) is 34.5. The Labute approximate surface area is 346 Å². The van der Waals surface area contributed by atoms with E-state index < -0.39 is 23.2 Å². The lowest BCUT2D eigenvalue weighted by molar-refractivity contribution is -0.134. The Morgan fingerprint density at radius 2 is 1.93 bits per heavy atom. The lowest BCUT2D eigenvalue weighted by atomic mass is 9.90. The molecule has 2 aliphatic rings. The number of aromatic nitrogens is 5. The quantitative estimate of drug-likeness (QED) is 0.0695. The molecule has 15 nitrogen and oxygen atoms in total. The number of anilines is 2. The molecule has 5 N–H and O–H groups in total. The number of benzene rings is 3. The number of ether oxygens (including phenoxy) is 1. The number of halogens is 1. The van der Waals surface area contributed by atoms with Gasteiger partial charge in [-0.05, 0) is 73.7 Å². The van der Waals surface area contributed by atoms with Crippen LogP contribution in [-0.4, -0.2) is 82.1 Å². The number of amides is 3. The lowest BCUT2D eigenvalue weighted by Gasteiger charge is -2.24. The molecule has 3 aromatic heterocycles. The minimum atomic E-state index is -0.550. The summed E-state index contributed by atoms with van der Waals surface area (Å²) in [4.78, 5) is 56.1. The summed E-state index contributed by atoms with van der Waals surface area (Å²) in [6.07, 6.45) is 3.28. The second kappa shape index (κ2) is 16.3. The standard InChI is InChI=1S/C44H49FN10O5/c1-23-28(24(2)50-42(58)40-53-43(60-54-40)44(3,4)5)10-11-30(37(23)45)38-36-31-19-34(59-6)33(20-32(31)51-39(36)49-22-48-38)47-16-15-46-26-14-17-55(21-26)27-9-7-8-25(18-27)29-12-13-35(56)52-41(29)57/h7-11,18-20,22,24,26,29,46-47H,12-17,21H2,1-6H3,(H,50,58)(H,48,49,51)(H,52,56,57)/t24-,26?,29?/m1/s1. The van der Waals surface area contributed by atoms with Crippen molar-refractivity contribution in [3.8, 4) is 17.0 Å². The van der Waals surface area contributed by atoms with Crippen molar-refractivity contribution in [2.75, 3.05) is 43.5 Å². The maximum Gasteiger partial charge on any atom is 0.293 e. The number of hydrogen-bond donors (Lipinski definition) is 5. The van der Waals surface area contributed by atoms with Crippen LogP contribution in [0.5, 0.6) is 5.75 Å². The van der Waals surface area contributed by atoms with Crippen LogP contribution in [0.1, 0.15) is 92.1 Å². The number of rotatable bonds is 12. The second-order valence-corrected chi connectivity index (χ2v) is 16.6. The normalized spacial score (nSPS) is 17.6. The molecule has 2 unspecified atom stereocenters. The first-order chi connectivity index (χ1) is 28.8. The van der Waals surface area contributed by atoms with E-state index in [9.17, 15) is 14.4 Å². The van der Waals surface area contributed by atoms with E-state index in [4.69, 9.17) is 9.26 Å². The van der Waals surface area contributed by atoms with Crippen molar-refractivity contribution in [2.45, 2.75) is 77.3 Å². The third kappa shape index (κ3) is 7.98. The predicted octanol–water partition coefficient (Wildman–Crippen LogP) is 6.21. The highest BCUT2D eigenvalue weighted by Gasteiger charge is 2.30. The van der Waals surface area contributed by atoms with Crippen LogP contribution < -0.4 is 30.9 Å². The number of imide groups is 1. The molecule has 0 radical (unpaired) electrons. The first-order valence-corrected chi connectivity index (χ1v) is 20.2. The van der Waals surface area contributed by atoms with Crippen LogP contribution in [0, 0.1) is 12.7 Å². The number of nitrogens with one attached hydrogen (secondary N) is 5. The minimum Gasteiger partial charge on any atom is -0.495 e. The fourth-order valence-corrected chi connectivity index (χ4v) is 8.16. The number of H-pyrrole nitrogens is 1. The number of fused-ring (bicyclic) bond motifs is 3. The van der Waals surface area contributed by atoms with Gasteiger partial charge in [-0.2, -0.15) is 4.98 Å². The highest BCUT2D eigenvalue weighted by Crippen LogP contribution is 2.39. The van der Waals surface area contributed by atoms with E-state index in [1.807, 2.05) is 45.0 Å². The zero-order valence-corrected chi connectivity index (χ0v) is 34.5. The molecule has 3 amide bonds. The summed E-state index contributed by atoms with van der Waals surface area (Å²) in [5, 5.41) is 17.8. The van der Waals surface area contributed by atoms with Crippen LogP contribution in [0.3, 0.4) is 0 Å². The van der Waals surface area contributed by atoms with Crippen LogP contribution in [-0.2, 0) is 15.0 Å². The van der Waals surface area contributed by atoms with Crippen LogP contribution >= 0.6 is 0 Å². The molecule has 2 saturated heterocycles. The van der Waals surface area contributed by atoms with Gasteiger partial charge in [-0.15, -0.1) is 0 Å². The van der Waals surface area contributed by atoms with Gasteiger partial charge in [0.05, 0.1) is 41.4 Å². The molecule has 60 heavy (non-hydrogen) atoms. The van der Waals surface area contributed by atoms with Crippen LogP contribution in [0.25, 0.3) is 33.2 Å². The highest BCUT2D eigenvalue weighted by molar-refractivity contribution is 6.13. The van der Waals surface area contributed by atoms with Crippen LogP contribution in [0.4, 0.5) is 15.8 Å². The third-order valence-corrected chi connectivity index (χ3v) is 11.4. The van der Waals surface area contributed by atoms with Gasteiger partial charge in [0.25, 0.3) is 11.7 Å². The molecule has 0 aliphatic carbocycles. The summed E-state index contributed by atoms with van der Waals surface area (Å²) in [5.41, 5.74) is 5.44. The van der Waals surface area contributed by atoms with Gasteiger partial charge in [-0.1, -0.05) is 44.1 Å². The molecule has 16 heteroatoms. The molecule has 2 fully saturated rings. The largest absolute Gasteiger partial charge is 0.495 e. The fourth-order valence-electron chi connectivity index (χ4n) is 8.16. The van der Waals surface area contributed by atoms with Crippen LogP contribution in [0.2, 0.25) is 0 Å². The summed E-state index contributed by atoms with van der Waals surface area (Å²) in [6.45, 7) is 12.3. The number of nitrogens with zero attached hydrogens (tertiary/aromatic N) is 5. The molecule has 312 valence electrons. The third-order valence-electron chi connectivity index (χ3n) is 11.4. The van der Waals surface area contributed by atoms with Crippen molar-refractivity contribution in [2.24, 2.45) is 0 Å². The Bertz CT molecular complexity index is 2620. The fraction of sp³-hybridized carbons (Fsp3) is 0.386. The first-order valence-electron chi connectivity index (χ1n) is 20.2. The Hall–Kier alpha value is -6.42. The van der Waals surface area contributed by atoms with Gasteiger partial charge in [0.2, 0.25) is 17.7 Å². The van der Waals surface area contributed by atoms with Crippen molar-refractivity contribution in [3.63, 3.8) is 0 Å². The molecular weight excluding hydrogens is 768 g/mol. The van der Waals surface area contributed by atoms with Crippen molar-refractivity contribution in [1.29, 1.82) is 0 Å². The van der Waals surface area contributed by atoms with Gasteiger partial charge in [-0.25, -0.2) is 14.4 Å². The summed E-state index contributed by atoms with van der Waals surface area (Å²) in [7, 11) is 1.61. The summed E-state index contributed by atoms with van der Waals surface area (Å²) in [5.74, 6) is -0.835. The Morgan fingerprint density at radius 1 is 1.10 bits per heavy atom. The van der Waals surface area contributed by atoms with Gasteiger partial charge < -0.3 is 35.1 Å². The average Bonchev–Trinajstić information content (AvgIpc) is 4.00. The van der Waals surface area contributed by atoms with Crippen molar-refractivity contribution in [3.05, 3.63) is 89.1 Å². The number of hydrogen-bond acceptors (Lipinski definition) is 12. The number of carbonyl (C=O) groups excluding carboxylic acids is 3. The smallest absolute Gasteiger partial charge is 0.293 e. The number of aromatic amines is 1. The van der Waals surface area contributed by atoms with Gasteiger partial charge in [0, 0.05) is 60.7 Å². The van der Waals surface area contributed by atoms with Gasteiger partial charge >= 0.3 is 0 Å². The minimum absolute atomic E-state index is 0.0833. The topological polar surface area (TPSA) is 192 Å². The molecular formula is C44H49FN10O5. The Kier molecular flexibility index (Phi) is 11.0. The van der Waals surface area contributed by atoms with Crippen LogP contribution in [0.15, 0.2) is 59.4 Å². The molecule has 8 rings (SSSR count). The molecule has 3 atom stereocenters. The molecule has 3 aromatic carbocycles. The molecule has 6 aromatic rings. The van der Waals surface area contributed by atoms with Gasteiger partial charge in [0.1, 0.15) is 23.5 Å². The summed E-state index contributed by atoms with van der Waals surface area (Å²) in [6, 6.07) is 15.2. The monoisotopic (exact) mass is 816 g/mol. The number of carbonyl (C=O) groups is 3. The Balaban J connectivity index is 0.929. The Morgan fingerprint density at radius 3 is 2.70 bits per heavy atom. The van der Waals surface area contributed by atoms with Gasteiger partial charge in [-0.3, -0.25) is 19.7 Å². The van der Waals surface area contributed by atoms with E-state index in [0.29, 0.717) is 77.0 Å². The van der Waals surface area contributed by atoms with Crippen molar-refractivity contribution in [1.82, 2.24) is 41.0 Å². The van der Waals surface area contributed by atoms with E-state index in [1.54, 1.807) is 33.1 Å². The molecule has 0 bridgehead atoms. The maximum absolute atomic E-state index is 16.4. The average molecular weight is 817 g/mol. The SMILES string of the molecule is COc1cc2c(cc1NCCNC1CCN(c3cccc(C4CCC(=O)NC4=O)c3)C1)[nH]c1ncnc(-c3ccc([C@@H](C)NC(=O)c4noc(C(C)(C)C)n4)c(C)c3F)c12.